The van der Waals surface area contributed by atoms with Crippen LogP contribution in [0.25, 0.3) is 11.4 Å². The normalized spacial score (nSPS) is 19.3. The first-order valence-electron chi connectivity index (χ1n) is 8.89. The number of nitrogens with one attached hydrogen (secondary N) is 1. The maximum absolute atomic E-state index is 12.5. The quantitative estimate of drug-likeness (QED) is 0.745. The van der Waals surface area contributed by atoms with Crippen LogP contribution < -0.4 is 5.32 Å². The first-order chi connectivity index (χ1) is 13.6. The number of amides is 1. The highest BCUT2D eigenvalue weighted by molar-refractivity contribution is 5.94. The van der Waals surface area contributed by atoms with Crippen molar-refractivity contribution >= 4 is 5.91 Å². The molecule has 0 spiro atoms. The molecule has 0 aliphatic carbocycles. The van der Waals surface area contributed by atoms with Crippen molar-refractivity contribution in [2.24, 2.45) is 0 Å². The Balaban J connectivity index is 1.42. The highest BCUT2D eigenvalue weighted by atomic mass is 16.5. The summed E-state index contributed by atoms with van der Waals surface area (Å²) in [4.78, 5) is 23.1. The van der Waals surface area contributed by atoms with Gasteiger partial charge in [-0.05, 0) is 49.9 Å². The van der Waals surface area contributed by atoms with Crippen LogP contribution in [0.5, 0.6) is 0 Å². The summed E-state index contributed by atoms with van der Waals surface area (Å²) >= 11 is 0. The lowest BCUT2D eigenvalue weighted by molar-refractivity contribution is 0.0938. The summed E-state index contributed by atoms with van der Waals surface area (Å²) in [5, 5.41) is 16.0. The van der Waals surface area contributed by atoms with E-state index in [1.54, 1.807) is 36.7 Å². The second-order valence-electron chi connectivity index (χ2n) is 6.74. The summed E-state index contributed by atoms with van der Waals surface area (Å²) < 4.78 is 5.47. The van der Waals surface area contributed by atoms with Crippen LogP contribution >= 0.6 is 0 Å². The van der Waals surface area contributed by atoms with Gasteiger partial charge in [0.15, 0.2) is 0 Å². The van der Waals surface area contributed by atoms with Gasteiger partial charge in [-0.25, -0.2) is 0 Å². The predicted molar refractivity (Wildman–Crippen MR) is 99.9 cm³/mol. The summed E-state index contributed by atoms with van der Waals surface area (Å²) in [5.74, 6) is 0.895. The molecular formula is C20H18N6O2. The smallest absolute Gasteiger partial charge is 0.251 e. The number of hydrogen-bond acceptors (Lipinski definition) is 7. The zero-order valence-electron chi connectivity index (χ0n) is 15.2. The van der Waals surface area contributed by atoms with E-state index in [1.807, 2.05) is 25.2 Å². The summed E-state index contributed by atoms with van der Waals surface area (Å²) in [6.45, 7) is 0.680. The molecule has 1 aromatic carbocycles. The molecule has 8 nitrogen and oxygen atoms in total. The van der Waals surface area contributed by atoms with Crippen molar-refractivity contribution in [1.82, 2.24) is 25.3 Å². The molecule has 0 unspecified atom stereocenters. The molecule has 28 heavy (non-hydrogen) atoms. The number of benzene rings is 1. The third-order valence-electron chi connectivity index (χ3n) is 4.82. The lowest BCUT2D eigenvalue weighted by atomic mass is 10.1. The average Bonchev–Trinajstić information content (AvgIpc) is 3.35. The van der Waals surface area contributed by atoms with Crippen molar-refractivity contribution < 1.29 is 9.32 Å². The fraction of sp³-hybridized carbons (Fsp3) is 0.250. The van der Waals surface area contributed by atoms with E-state index in [4.69, 9.17) is 9.78 Å². The Bertz CT molecular complexity index is 1010. The first kappa shape index (κ1) is 17.8. The van der Waals surface area contributed by atoms with E-state index in [0.29, 0.717) is 35.8 Å². The van der Waals surface area contributed by atoms with E-state index in [9.17, 15) is 4.79 Å². The van der Waals surface area contributed by atoms with Crippen molar-refractivity contribution in [2.75, 3.05) is 13.6 Å². The van der Waals surface area contributed by atoms with Gasteiger partial charge in [0.25, 0.3) is 5.91 Å². The van der Waals surface area contributed by atoms with Gasteiger partial charge in [-0.2, -0.15) is 10.2 Å². The number of carbonyl (C=O) groups is 1. The largest absolute Gasteiger partial charge is 0.348 e. The zero-order valence-corrected chi connectivity index (χ0v) is 15.2. The topological polar surface area (TPSA) is 108 Å². The minimum atomic E-state index is -0.161. The summed E-state index contributed by atoms with van der Waals surface area (Å²) in [5.41, 5.74) is 1.90. The van der Waals surface area contributed by atoms with Gasteiger partial charge in [-0.15, -0.1) is 0 Å². The number of likely N-dealkylation sites (tertiary alicyclic amines) is 1. The SMILES string of the molecule is CN1C[C@@H](NC(=O)c2ccc(C#N)cc2)C[C@H]1c1nc(-c2ccncc2)no1. The van der Waals surface area contributed by atoms with E-state index in [1.165, 1.54) is 0 Å². The second-order valence-corrected chi connectivity index (χ2v) is 6.74. The molecule has 1 amide bonds. The molecule has 8 heteroatoms. The molecule has 3 heterocycles. The third kappa shape index (κ3) is 3.61. The van der Waals surface area contributed by atoms with Gasteiger partial charge in [0.2, 0.25) is 11.7 Å². The van der Waals surface area contributed by atoms with E-state index in [-0.39, 0.29) is 18.0 Å². The number of aromatic nitrogens is 3. The highest BCUT2D eigenvalue weighted by Crippen LogP contribution is 2.31. The molecule has 4 rings (SSSR count). The molecule has 1 saturated heterocycles. The molecule has 3 aromatic rings. The number of nitriles is 1. The molecule has 0 saturated carbocycles. The van der Waals surface area contributed by atoms with Crippen molar-refractivity contribution in [3.63, 3.8) is 0 Å². The van der Waals surface area contributed by atoms with Gasteiger partial charge in [-0.3, -0.25) is 14.7 Å². The fourth-order valence-corrected chi connectivity index (χ4v) is 3.35. The minimum absolute atomic E-state index is 0.0329. The van der Waals surface area contributed by atoms with Crippen molar-refractivity contribution in [2.45, 2.75) is 18.5 Å². The van der Waals surface area contributed by atoms with Gasteiger partial charge in [0.1, 0.15) is 0 Å². The van der Waals surface area contributed by atoms with Crippen LogP contribution in [0.15, 0.2) is 53.3 Å². The van der Waals surface area contributed by atoms with E-state index >= 15 is 0 Å². The fourth-order valence-electron chi connectivity index (χ4n) is 3.35. The Kier molecular flexibility index (Phi) is 4.83. The third-order valence-corrected chi connectivity index (χ3v) is 4.82. The van der Waals surface area contributed by atoms with E-state index in [0.717, 1.165) is 5.56 Å². The average molecular weight is 374 g/mol. The number of likely N-dealkylation sites (N-methyl/N-ethyl adjacent to an activating group) is 1. The maximum Gasteiger partial charge on any atom is 0.251 e. The summed E-state index contributed by atoms with van der Waals surface area (Å²) in [6.07, 6.45) is 4.04. The van der Waals surface area contributed by atoms with Crippen LogP contribution in [0.4, 0.5) is 0 Å². The number of nitrogens with zero attached hydrogens (tertiary/aromatic N) is 5. The molecule has 2 atom stereocenters. The molecule has 1 aliphatic rings. The Labute approximate surface area is 161 Å². The Morgan fingerprint density at radius 2 is 2.00 bits per heavy atom. The Hall–Kier alpha value is -3.57. The molecule has 140 valence electrons. The van der Waals surface area contributed by atoms with Crippen molar-refractivity contribution in [3.05, 3.63) is 65.8 Å². The van der Waals surface area contributed by atoms with Crippen LogP contribution in [0.3, 0.4) is 0 Å². The zero-order chi connectivity index (χ0) is 19.5. The van der Waals surface area contributed by atoms with Gasteiger partial charge >= 0.3 is 0 Å². The van der Waals surface area contributed by atoms with Crippen molar-refractivity contribution in [3.8, 4) is 17.5 Å². The monoisotopic (exact) mass is 374 g/mol. The van der Waals surface area contributed by atoms with Crippen LogP contribution in [0.1, 0.15) is 34.3 Å². The van der Waals surface area contributed by atoms with Crippen molar-refractivity contribution in [1.29, 1.82) is 5.26 Å². The molecule has 1 aliphatic heterocycles. The van der Waals surface area contributed by atoms with Gasteiger partial charge in [-0.1, -0.05) is 5.16 Å². The number of rotatable bonds is 4. The number of pyridine rings is 1. The standard InChI is InChI=1S/C20H18N6O2/c1-26-12-16(23-19(27)15-4-2-13(11-21)3-5-15)10-17(26)20-24-18(25-28-20)14-6-8-22-9-7-14/h2-9,16-17H,10,12H2,1H3,(H,23,27)/t16-,17-/m0/s1. The van der Waals surface area contributed by atoms with Crippen LogP contribution in [0.2, 0.25) is 0 Å². The molecule has 2 aromatic heterocycles. The van der Waals surface area contributed by atoms with Gasteiger partial charge in [0, 0.05) is 36.1 Å². The summed E-state index contributed by atoms with van der Waals surface area (Å²) in [7, 11) is 1.97. The first-order valence-corrected chi connectivity index (χ1v) is 8.89. The lowest BCUT2D eigenvalue weighted by Gasteiger charge is -2.14. The van der Waals surface area contributed by atoms with Crippen LogP contribution in [-0.2, 0) is 0 Å². The summed E-state index contributed by atoms with van der Waals surface area (Å²) in [6, 6.07) is 12.2. The number of hydrogen-bond donors (Lipinski definition) is 1. The van der Waals surface area contributed by atoms with Crippen LogP contribution in [0, 0.1) is 11.3 Å². The Morgan fingerprint density at radius 3 is 2.71 bits per heavy atom. The second kappa shape index (κ2) is 7.58. The predicted octanol–water partition coefficient (Wildman–Crippen LogP) is 2.18. The minimum Gasteiger partial charge on any atom is -0.348 e. The van der Waals surface area contributed by atoms with Gasteiger partial charge in [0.05, 0.1) is 17.7 Å². The van der Waals surface area contributed by atoms with Crippen LogP contribution in [-0.4, -0.2) is 45.6 Å². The molecule has 1 fully saturated rings. The Morgan fingerprint density at radius 1 is 1.25 bits per heavy atom. The maximum atomic E-state index is 12.5. The van der Waals surface area contributed by atoms with Gasteiger partial charge < -0.3 is 9.84 Å². The van der Waals surface area contributed by atoms with E-state index in [2.05, 4.69) is 25.3 Å². The number of carbonyl (C=O) groups excluding carboxylic acids is 1. The molecule has 0 bridgehead atoms. The molecular weight excluding hydrogens is 356 g/mol. The van der Waals surface area contributed by atoms with E-state index < -0.39 is 0 Å². The molecule has 0 radical (unpaired) electrons. The molecule has 1 N–H and O–H groups in total. The highest BCUT2D eigenvalue weighted by Gasteiger charge is 2.35. The lowest BCUT2D eigenvalue weighted by Crippen LogP contribution is -2.36.